The summed E-state index contributed by atoms with van der Waals surface area (Å²) in [4.78, 5) is 11.4. The van der Waals surface area contributed by atoms with Gasteiger partial charge >= 0.3 is 0 Å². The van der Waals surface area contributed by atoms with E-state index in [0.717, 1.165) is 10.0 Å². The zero-order chi connectivity index (χ0) is 14.9. The van der Waals surface area contributed by atoms with E-state index in [-0.39, 0.29) is 0 Å². The van der Waals surface area contributed by atoms with Gasteiger partial charge in [0.05, 0.1) is 0 Å². The number of carbonyl (C=O) groups excluding carboxylic acids is 1. The van der Waals surface area contributed by atoms with Crippen molar-refractivity contribution in [3.8, 4) is 0 Å². The fourth-order valence-electron chi connectivity index (χ4n) is 2.09. The summed E-state index contributed by atoms with van der Waals surface area (Å²) in [5.41, 5.74) is 9.94. The van der Waals surface area contributed by atoms with Crippen LogP contribution in [0.5, 0.6) is 0 Å². The molecule has 0 fully saturated rings. The van der Waals surface area contributed by atoms with Gasteiger partial charge in [0.1, 0.15) is 5.56 Å². The molecular formula is C14H17BrN4O. The van der Waals surface area contributed by atoms with Gasteiger partial charge < -0.3 is 11.1 Å². The summed E-state index contributed by atoms with van der Waals surface area (Å²) >= 11 is 3.57. The van der Waals surface area contributed by atoms with E-state index in [0.29, 0.717) is 23.6 Å². The third kappa shape index (κ3) is 2.70. The molecule has 20 heavy (non-hydrogen) atoms. The Kier molecular flexibility index (Phi) is 4.13. The van der Waals surface area contributed by atoms with E-state index in [9.17, 15) is 4.79 Å². The second kappa shape index (κ2) is 5.66. The Bertz CT molecular complexity index is 663. The molecule has 0 radical (unpaired) electrons. The highest BCUT2D eigenvalue weighted by atomic mass is 79.9. The zero-order valence-corrected chi connectivity index (χ0v) is 13.3. The van der Waals surface area contributed by atoms with Gasteiger partial charge in [-0.1, -0.05) is 28.1 Å². The van der Waals surface area contributed by atoms with Crippen LogP contribution in [0.4, 0.5) is 5.82 Å². The molecule has 0 saturated carbocycles. The fraction of sp³-hybridized carbons (Fsp3) is 0.286. The number of anilines is 1. The number of H-pyrrole nitrogens is 1. The van der Waals surface area contributed by atoms with E-state index >= 15 is 0 Å². The molecule has 1 aromatic carbocycles. The number of nitrogens with zero attached hydrogens (tertiary/aromatic N) is 1. The van der Waals surface area contributed by atoms with Crippen molar-refractivity contribution in [1.82, 2.24) is 10.2 Å². The van der Waals surface area contributed by atoms with Gasteiger partial charge in [-0.05, 0) is 37.5 Å². The average molecular weight is 337 g/mol. The highest BCUT2D eigenvalue weighted by molar-refractivity contribution is 9.10. The number of nitrogens with two attached hydrogens (primary N) is 1. The van der Waals surface area contributed by atoms with Crippen LogP contribution in [0.3, 0.4) is 0 Å². The maximum atomic E-state index is 11.4. The zero-order valence-electron chi connectivity index (χ0n) is 11.7. The van der Waals surface area contributed by atoms with Crippen LogP contribution in [0.25, 0.3) is 0 Å². The van der Waals surface area contributed by atoms with E-state index in [1.165, 1.54) is 11.1 Å². The van der Waals surface area contributed by atoms with Gasteiger partial charge in [0, 0.05) is 16.7 Å². The predicted molar refractivity (Wildman–Crippen MR) is 82.8 cm³/mol. The minimum Gasteiger partial charge on any atom is -0.365 e. The Labute approximate surface area is 126 Å². The summed E-state index contributed by atoms with van der Waals surface area (Å²) in [5.74, 6) is 0.00616. The van der Waals surface area contributed by atoms with Crippen molar-refractivity contribution < 1.29 is 4.79 Å². The molecule has 0 aliphatic carbocycles. The summed E-state index contributed by atoms with van der Waals surface area (Å²) in [7, 11) is 0. The maximum absolute atomic E-state index is 11.4. The highest BCUT2D eigenvalue weighted by Gasteiger charge is 2.15. The summed E-state index contributed by atoms with van der Waals surface area (Å²) in [6.07, 6.45) is 0. The van der Waals surface area contributed by atoms with Crippen LogP contribution < -0.4 is 11.1 Å². The fourth-order valence-corrected chi connectivity index (χ4v) is 2.48. The molecule has 0 bridgehead atoms. The summed E-state index contributed by atoms with van der Waals surface area (Å²) in [5, 5.41) is 10.00. The standard InChI is InChI=1S/C14H17BrN4O/c1-7-4-5-10(8(2)12(7)15)6-17-14-11(13(16)20)9(3)18-19-14/h4-5H,6H2,1-3H3,(H2,16,20)(H2,17,18,19). The van der Waals surface area contributed by atoms with Crippen molar-refractivity contribution in [2.24, 2.45) is 5.73 Å². The third-order valence-corrected chi connectivity index (χ3v) is 4.55. The van der Waals surface area contributed by atoms with Gasteiger partial charge in [0.25, 0.3) is 5.91 Å². The first-order valence-electron chi connectivity index (χ1n) is 6.25. The van der Waals surface area contributed by atoms with Crippen molar-refractivity contribution in [3.63, 3.8) is 0 Å². The van der Waals surface area contributed by atoms with Gasteiger partial charge in [0.2, 0.25) is 0 Å². The number of benzene rings is 1. The van der Waals surface area contributed by atoms with E-state index in [2.05, 4.69) is 57.4 Å². The van der Waals surface area contributed by atoms with E-state index in [4.69, 9.17) is 5.73 Å². The van der Waals surface area contributed by atoms with Crippen LogP contribution in [0, 0.1) is 20.8 Å². The SMILES string of the molecule is Cc1ccc(CNc2n[nH]c(C)c2C(N)=O)c(C)c1Br. The molecule has 2 aromatic rings. The molecule has 4 N–H and O–H groups in total. The summed E-state index contributed by atoms with van der Waals surface area (Å²) in [6.45, 7) is 6.46. The molecule has 106 valence electrons. The minimum absolute atomic E-state index is 0.411. The maximum Gasteiger partial charge on any atom is 0.254 e. The molecule has 5 nitrogen and oxygen atoms in total. The minimum atomic E-state index is -0.486. The van der Waals surface area contributed by atoms with Crippen molar-refractivity contribution in [2.45, 2.75) is 27.3 Å². The second-order valence-electron chi connectivity index (χ2n) is 4.77. The Morgan fingerprint density at radius 2 is 2.10 bits per heavy atom. The lowest BCUT2D eigenvalue weighted by Gasteiger charge is -2.11. The van der Waals surface area contributed by atoms with Gasteiger partial charge in [-0.3, -0.25) is 9.89 Å². The van der Waals surface area contributed by atoms with E-state index < -0.39 is 5.91 Å². The number of aromatic amines is 1. The van der Waals surface area contributed by atoms with Crippen LogP contribution in [0.2, 0.25) is 0 Å². The van der Waals surface area contributed by atoms with Gasteiger partial charge in [0.15, 0.2) is 5.82 Å². The second-order valence-corrected chi connectivity index (χ2v) is 5.56. The van der Waals surface area contributed by atoms with Gasteiger partial charge in [-0.2, -0.15) is 5.10 Å². The van der Waals surface area contributed by atoms with Crippen molar-refractivity contribution in [3.05, 3.63) is 44.6 Å². The monoisotopic (exact) mass is 336 g/mol. The number of aromatic nitrogens is 2. The quantitative estimate of drug-likeness (QED) is 0.802. The number of nitrogens with one attached hydrogen (secondary N) is 2. The first-order chi connectivity index (χ1) is 9.41. The van der Waals surface area contributed by atoms with Crippen LogP contribution in [0.15, 0.2) is 16.6 Å². The molecule has 1 heterocycles. The molecule has 0 aliphatic rings. The molecule has 6 heteroatoms. The normalized spacial score (nSPS) is 10.6. The topological polar surface area (TPSA) is 83.8 Å². The van der Waals surface area contributed by atoms with Crippen molar-refractivity contribution >= 4 is 27.7 Å². The Morgan fingerprint density at radius 1 is 1.40 bits per heavy atom. The number of amides is 1. The average Bonchev–Trinajstić information content (AvgIpc) is 2.76. The molecule has 2 rings (SSSR count). The third-order valence-electron chi connectivity index (χ3n) is 3.33. The molecule has 1 aromatic heterocycles. The van der Waals surface area contributed by atoms with E-state index in [1.807, 2.05) is 0 Å². The molecule has 0 atom stereocenters. The molecular weight excluding hydrogens is 320 g/mol. The first kappa shape index (κ1) is 14.6. The predicted octanol–water partition coefficient (Wildman–Crippen LogP) is 2.81. The Balaban J connectivity index is 2.22. The van der Waals surface area contributed by atoms with Crippen LogP contribution in [0.1, 0.15) is 32.7 Å². The van der Waals surface area contributed by atoms with Crippen molar-refractivity contribution in [2.75, 3.05) is 5.32 Å². The number of hydrogen-bond donors (Lipinski definition) is 3. The molecule has 0 unspecified atom stereocenters. The molecule has 0 aliphatic heterocycles. The van der Waals surface area contributed by atoms with Crippen LogP contribution in [-0.2, 0) is 6.54 Å². The Hall–Kier alpha value is -1.82. The number of rotatable bonds is 4. The first-order valence-corrected chi connectivity index (χ1v) is 7.04. The van der Waals surface area contributed by atoms with Gasteiger partial charge in [-0.25, -0.2) is 0 Å². The summed E-state index contributed by atoms with van der Waals surface area (Å²) < 4.78 is 1.10. The van der Waals surface area contributed by atoms with E-state index in [1.54, 1.807) is 6.92 Å². The van der Waals surface area contributed by atoms with Gasteiger partial charge in [-0.15, -0.1) is 0 Å². The largest absolute Gasteiger partial charge is 0.365 e. The van der Waals surface area contributed by atoms with Crippen molar-refractivity contribution in [1.29, 1.82) is 0 Å². The number of hydrogen-bond acceptors (Lipinski definition) is 3. The molecule has 0 saturated heterocycles. The van der Waals surface area contributed by atoms with Crippen LogP contribution >= 0.6 is 15.9 Å². The van der Waals surface area contributed by atoms with Crippen LogP contribution in [-0.4, -0.2) is 16.1 Å². The number of carbonyl (C=O) groups is 1. The lowest BCUT2D eigenvalue weighted by Crippen LogP contribution is -2.14. The Morgan fingerprint density at radius 3 is 2.75 bits per heavy atom. The molecule has 0 spiro atoms. The molecule has 1 amide bonds. The summed E-state index contributed by atoms with van der Waals surface area (Å²) in [6, 6.07) is 4.12. The highest BCUT2D eigenvalue weighted by Crippen LogP contribution is 2.25. The number of halogens is 1. The number of primary amides is 1. The smallest absolute Gasteiger partial charge is 0.254 e. The lowest BCUT2D eigenvalue weighted by molar-refractivity contribution is 0.100. The number of aryl methyl sites for hydroxylation is 2. The lowest BCUT2D eigenvalue weighted by atomic mass is 10.1.